The quantitative estimate of drug-likeness (QED) is 0.890. The Balaban J connectivity index is 2.52. The number of ether oxygens (including phenoxy) is 1. The van der Waals surface area contributed by atoms with Crippen LogP contribution in [0.15, 0.2) is 12.3 Å². The number of anilines is 1. The first-order valence-electron chi connectivity index (χ1n) is 5.93. The molecule has 0 aliphatic carbocycles. The number of nitrogen functional groups attached to an aromatic ring is 1. The number of hydrogen-bond donors (Lipinski definition) is 1. The van der Waals surface area contributed by atoms with Crippen molar-refractivity contribution in [1.82, 2.24) is 19.4 Å². The molecule has 7 nitrogen and oxygen atoms in total. The zero-order chi connectivity index (χ0) is 14.2. The second-order valence-corrected chi connectivity index (χ2v) is 4.70. The minimum absolute atomic E-state index is 0.0784. The third-order valence-electron chi connectivity index (χ3n) is 2.66. The molecule has 0 unspecified atom stereocenters. The van der Waals surface area contributed by atoms with Crippen molar-refractivity contribution in [3.05, 3.63) is 12.3 Å². The number of hydrogen-bond acceptors (Lipinski definition) is 5. The monoisotopic (exact) mass is 263 g/mol. The second-order valence-electron chi connectivity index (χ2n) is 4.70. The molecule has 0 saturated heterocycles. The molecule has 0 aromatic carbocycles. The van der Waals surface area contributed by atoms with Gasteiger partial charge in [-0.2, -0.15) is 9.97 Å². The Kier molecular flexibility index (Phi) is 3.28. The molecule has 0 bridgehead atoms. The van der Waals surface area contributed by atoms with Gasteiger partial charge >= 0.3 is 6.09 Å². The molecular weight excluding hydrogens is 246 g/mol. The highest BCUT2D eigenvalue weighted by Gasteiger charge is 2.16. The van der Waals surface area contributed by atoms with Crippen molar-refractivity contribution in [2.45, 2.75) is 19.9 Å². The molecule has 2 aromatic rings. The minimum Gasteiger partial charge on any atom is -0.390 e. The topological polar surface area (TPSA) is 86.3 Å². The van der Waals surface area contributed by atoms with E-state index in [0.29, 0.717) is 11.0 Å². The van der Waals surface area contributed by atoms with E-state index < -0.39 is 6.09 Å². The van der Waals surface area contributed by atoms with Gasteiger partial charge < -0.3 is 19.9 Å². The molecule has 0 saturated carbocycles. The van der Waals surface area contributed by atoms with Crippen LogP contribution in [0.3, 0.4) is 0 Å². The van der Waals surface area contributed by atoms with Gasteiger partial charge in [-0.3, -0.25) is 0 Å². The molecule has 2 rings (SSSR count). The van der Waals surface area contributed by atoms with Gasteiger partial charge in [-0.15, -0.1) is 0 Å². The minimum atomic E-state index is -0.503. The second kappa shape index (κ2) is 4.75. The Bertz CT molecular complexity index is 618. The highest BCUT2D eigenvalue weighted by molar-refractivity contribution is 5.85. The standard InChI is InChI=1S/C12H17N5O2/c1-7(2)17-6-5-8-9(17)14-11(13)15-10(8)19-12(18)16(3)4/h5-7H,1-4H3,(H2,13,14,15). The molecule has 2 heterocycles. The number of rotatable bonds is 2. The SMILES string of the molecule is CC(C)n1ccc2c(OC(=O)N(C)C)nc(N)nc21. The van der Waals surface area contributed by atoms with Crippen molar-refractivity contribution in [3.63, 3.8) is 0 Å². The van der Waals surface area contributed by atoms with Crippen LogP contribution in [-0.2, 0) is 0 Å². The van der Waals surface area contributed by atoms with E-state index in [1.165, 1.54) is 4.90 Å². The fourth-order valence-electron chi connectivity index (χ4n) is 1.69. The molecule has 1 amide bonds. The van der Waals surface area contributed by atoms with Gasteiger partial charge in [0, 0.05) is 26.3 Å². The highest BCUT2D eigenvalue weighted by Crippen LogP contribution is 2.26. The summed E-state index contributed by atoms with van der Waals surface area (Å²) >= 11 is 0. The molecule has 0 aliphatic rings. The lowest BCUT2D eigenvalue weighted by atomic mass is 10.4. The lowest BCUT2D eigenvalue weighted by Crippen LogP contribution is -2.25. The van der Waals surface area contributed by atoms with Crippen LogP contribution in [0.5, 0.6) is 5.88 Å². The summed E-state index contributed by atoms with van der Waals surface area (Å²) in [5.74, 6) is 0.259. The van der Waals surface area contributed by atoms with Gasteiger partial charge in [0.1, 0.15) is 5.65 Å². The van der Waals surface area contributed by atoms with Crippen molar-refractivity contribution in [3.8, 4) is 5.88 Å². The number of nitrogens with two attached hydrogens (primary N) is 1. The average Bonchev–Trinajstić information content (AvgIpc) is 2.72. The third kappa shape index (κ3) is 2.44. The fourth-order valence-corrected chi connectivity index (χ4v) is 1.69. The van der Waals surface area contributed by atoms with E-state index >= 15 is 0 Å². The van der Waals surface area contributed by atoms with Gasteiger partial charge in [-0.05, 0) is 19.9 Å². The van der Waals surface area contributed by atoms with Gasteiger partial charge in [0.2, 0.25) is 11.8 Å². The van der Waals surface area contributed by atoms with Gasteiger partial charge in [-0.25, -0.2) is 4.79 Å². The van der Waals surface area contributed by atoms with E-state index in [2.05, 4.69) is 9.97 Å². The number of carbonyl (C=O) groups is 1. The van der Waals surface area contributed by atoms with E-state index in [1.807, 2.05) is 30.7 Å². The molecule has 2 N–H and O–H groups in total. The van der Waals surface area contributed by atoms with Crippen molar-refractivity contribution in [1.29, 1.82) is 0 Å². The van der Waals surface area contributed by atoms with E-state index in [1.54, 1.807) is 14.1 Å². The van der Waals surface area contributed by atoms with Gasteiger partial charge in [0.05, 0.1) is 5.39 Å². The van der Waals surface area contributed by atoms with Crippen molar-refractivity contribution >= 4 is 23.1 Å². The molecule has 0 atom stereocenters. The molecular formula is C12H17N5O2. The smallest absolute Gasteiger partial charge is 0.390 e. The molecule has 102 valence electrons. The molecule has 7 heteroatoms. The van der Waals surface area contributed by atoms with Crippen LogP contribution in [-0.4, -0.2) is 39.6 Å². The lowest BCUT2D eigenvalue weighted by molar-refractivity contribution is 0.170. The lowest BCUT2D eigenvalue weighted by Gasteiger charge is -2.12. The average molecular weight is 263 g/mol. The maximum atomic E-state index is 11.6. The first kappa shape index (κ1) is 13.1. The van der Waals surface area contributed by atoms with Crippen LogP contribution in [0.25, 0.3) is 11.0 Å². The van der Waals surface area contributed by atoms with E-state index in [9.17, 15) is 4.79 Å². The first-order chi connectivity index (χ1) is 8.90. The zero-order valence-corrected chi connectivity index (χ0v) is 11.4. The molecule has 0 spiro atoms. The Labute approximate surface area is 111 Å². The van der Waals surface area contributed by atoms with Crippen LogP contribution in [0.1, 0.15) is 19.9 Å². The summed E-state index contributed by atoms with van der Waals surface area (Å²) in [4.78, 5) is 21.1. The Morgan fingerprint density at radius 2 is 2.11 bits per heavy atom. The van der Waals surface area contributed by atoms with Crippen LogP contribution in [0.2, 0.25) is 0 Å². The van der Waals surface area contributed by atoms with Crippen molar-refractivity contribution < 1.29 is 9.53 Å². The number of amides is 1. The van der Waals surface area contributed by atoms with Crippen molar-refractivity contribution in [2.75, 3.05) is 19.8 Å². The zero-order valence-electron chi connectivity index (χ0n) is 11.4. The summed E-state index contributed by atoms with van der Waals surface area (Å²) in [6, 6.07) is 2.04. The number of aromatic nitrogens is 3. The Morgan fingerprint density at radius 1 is 1.42 bits per heavy atom. The normalized spacial score (nSPS) is 11.0. The predicted octanol–water partition coefficient (Wildman–Crippen LogP) is 1.65. The highest BCUT2D eigenvalue weighted by atomic mass is 16.6. The number of carbonyl (C=O) groups excluding carboxylic acids is 1. The number of nitrogens with zero attached hydrogens (tertiary/aromatic N) is 4. The van der Waals surface area contributed by atoms with Gasteiger partial charge in [0.15, 0.2) is 0 Å². The Hall–Kier alpha value is -2.31. The van der Waals surface area contributed by atoms with Gasteiger partial charge in [0.25, 0.3) is 0 Å². The van der Waals surface area contributed by atoms with E-state index in [0.717, 1.165) is 0 Å². The fraction of sp³-hybridized carbons (Fsp3) is 0.417. The summed E-state index contributed by atoms with van der Waals surface area (Å²) in [6.07, 6.45) is 1.37. The summed E-state index contributed by atoms with van der Waals surface area (Å²) in [6.45, 7) is 4.06. The van der Waals surface area contributed by atoms with E-state index in [-0.39, 0.29) is 17.9 Å². The predicted molar refractivity (Wildman–Crippen MR) is 72.0 cm³/mol. The summed E-state index contributed by atoms with van der Waals surface area (Å²) in [5, 5.41) is 0.665. The third-order valence-corrected chi connectivity index (χ3v) is 2.66. The summed E-state index contributed by atoms with van der Waals surface area (Å²) in [7, 11) is 3.20. The maximum absolute atomic E-state index is 11.6. The summed E-state index contributed by atoms with van der Waals surface area (Å²) in [5.41, 5.74) is 6.32. The number of fused-ring (bicyclic) bond motifs is 1. The van der Waals surface area contributed by atoms with Crippen LogP contribution in [0.4, 0.5) is 10.7 Å². The first-order valence-corrected chi connectivity index (χ1v) is 5.93. The van der Waals surface area contributed by atoms with Crippen LogP contribution in [0, 0.1) is 0 Å². The van der Waals surface area contributed by atoms with Gasteiger partial charge in [-0.1, -0.05) is 0 Å². The van der Waals surface area contributed by atoms with Crippen LogP contribution < -0.4 is 10.5 Å². The molecule has 0 aliphatic heterocycles. The molecule has 2 aromatic heterocycles. The van der Waals surface area contributed by atoms with Crippen molar-refractivity contribution in [2.24, 2.45) is 0 Å². The Morgan fingerprint density at radius 3 is 2.68 bits per heavy atom. The van der Waals surface area contributed by atoms with Crippen LogP contribution >= 0.6 is 0 Å². The molecule has 0 fully saturated rings. The molecule has 0 radical (unpaired) electrons. The summed E-state index contributed by atoms with van der Waals surface area (Å²) < 4.78 is 7.15. The van der Waals surface area contributed by atoms with E-state index in [4.69, 9.17) is 10.5 Å². The largest absolute Gasteiger partial charge is 0.416 e. The maximum Gasteiger partial charge on any atom is 0.416 e. The molecule has 19 heavy (non-hydrogen) atoms.